The second-order valence-electron chi connectivity index (χ2n) is 8.95. The van der Waals surface area contributed by atoms with Gasteiger partial charge in [0.2, 0.25) is 11.8 Å². The highest BCUT2D eigenvalue weighted by Crippen LogP contribution is 2.39. The number of carbonyl (C=O) groups excluding carboxylic acids is 2. The standard InChI is InChI=1S/C25H29N5O4/c1-34-23-6-5-19(13-27-23)25(33)9-7-21(8-10-25)30-15-20(16-30)29-22(31)14-28-24(32)18-4-2-3-17(11-18)12-26/h2-6,11,13,20-21,33H,7-10,14-16H2,1H3,(H,28,32)(H,29,31)/t21-,25-. The summed E-state index contributed by atoms with van der Waals surface area (Å²) in [5.74, 6) is -0.0915. The third kappa shape index (κ3) is 5.35. The van der Waals surface area contributed by atoms with Crippen molar-refractivity contribution in [2.24, 2.45) is 0 Å². The van der Waals surface area contributed by atoms with Crippen molar-refractivity contribution in [1.29, 1.82) is 5.26 Å². The number of aromatic nitrogens is 1. The number of rotatable bonds is 7. The van der Waals surface area contributed by atoms with Crippen LogP contribution >= 0.6 is 0 Å². The Morgan fingerprint density at radius 3 is 2.68 bits per heavy atom. The summed E-state index contributed by atoms with van der Waals surface area (Å²) in [7, 11) is 1.57. The van der Waals surface area contributed by atoms with Crippen LogP contribution in [0.5, 0.6) is 5.88 Å². The van der Waals surface area contributed by atoms with Crippen LogP contribution in [0.4, 0.5) is 0 Å². The number of hydrogen-bond donors (Lipinski definition) is 3. The first-order chi connectivity index (χ1) is 16.4. The monoisotopic (exact) mass is 463 g/mol. The largest absolute Gasteiger partial charge is 0.481 e. The van der Waals surface area contributed by atoms with Crippen LogP contribution in [0.15, 0.2) is 42.6 Å². The molecule has 178 valence electrons. The number of ether oxygens (including phenoxy) is 1. The van der Waals surface area contributed by atoms with E-state index in [2.05, 4.69) is 20.5 Å². The molecule has 2 heterocycles. The van der Waals surface area contributed by atoms with Crippen molar-refractivity contribution < 1.29 is 19.4 Å². The summed E-state index contributed by atoms with van der Waals surface area (Å²) in [5.41, 5.74) is 0.707. The number of nitrogens with zero attached hydrogens (tertiary/aromatic N) is 3. The zero-order valence-electron chi connectivity index (χ0n) is 19.2. The van der Waals surface area contributed by atoms with Gasteiger partial charge in [-0.2, -0.15) is 5.26 Å². The van der Waals surface area contributed by atoms with E-state index in [1.165, 1.54) is 6.07 Å². The maximum absolute atomic E-state index is 12.2. The molecule has 0 atom stereocenters. The molecular weight excluding hydrogens is 434 g/mol. The van der Waals surface area contributed by atoms with E-state index in [0.29, 0.717) is 35.9 Å². The molecule has 0 unspecified atom stereocenters. The first-order valence-electron chi connectivity index (χ1n) is 11.4. The fourth-order valence-corrected chi connectivity index (χ4v) is 4.68. The molecule has 2 fully saturated rings. The number of nitriles is 1. The van der Waals surface area contributed by atoms with E-state index in [0.717, 1.165) is 31.5 Å². The van der Waals surface area contributed by atoms with Gasteiger partial charge in [-0.25, -0.2) is 4.98 Å². The highest BCUT2D eigenvalue weighted by atomic mass is 16.5. The van der Waals surface area contributed by atoms with Gasteiger partial charge in [0.25, 0.3) is 5.91 Å². The maximum Gasteiger partial charge on any atom is 0.251 e. The molecule has 0 bridgehead atoms. The number of carbonyl (C=O) groups is 2. The van der Waals surface area contributed by atoms with Crippen molar-refractivity contribution in [1.82, 2.24) is 20.5 Å². The van der Waals surface area contributed by atoms with Gasteiger partial charge in [-0.3, -0.25) is 14.5 Å². The van der Waals surface area contributed by atoms with Gasteiger partial charge >= 0.3 is 0 Å². The molecule has 3 N–H and O–H groups in total. The average molecular weight is 464 g/mol. The third-order valence-corrected chi connectivity index (χ3v) is 6.72. The van der Waals surface area contributed by atoms with Gasteiger partial charge in [0.05, 0.1) is 36.9 Å². The fraction of sp³-hybridized carbons (Fsp3) is 0.440. The first-order valence-corrected chi connectivity index (χ1v) is 11.4. The molecule has 1 aliphatic carbocycles. The Labute approximate surface area is 198 Å². The predicted molar refractivity (Wildman–Crippen MR) is 124 cm³/mol. The highest BCUT2D eigenvalue weighted by Gasteiger charge is 2.40. The Hall–Kier alpha value is -3.48. The van der Waals surface area contributed by atoms with Gasteiger partial charge in [0, 0.05) is 42.5 Å². The van der Waals surface area contributed by atoms with E-state index in [4.69, 9.17) is 10.00 Å². The molecule has 2 aromatic rings. The Kier molecular flexibility index (Phi) is 7.10. The number of amides is 2. The zero-order valence-corrected chi connectivity index (χ0v) is 19.2. The minimum Gasteiger partial charge on any atom is -0.481 e. The molecule has 1 aromatic heterocycles. The summed E-state index contributed by atoms with van der Waals surface area (Å²) in [5, 5.41) is 25.6. The van der Waals surface area contributed by atoms with E-state index in [1.807, 2.05) is 12.1 Å². The van der Waals surface area contributed by atoms with Crippen LogP contribution in [0.1, 0.15) is 47.2 Å². The number of pyridine rings is 1. The molecular formula is C25H29N5O4. The molecule has 1 aromatic carbocycles. The van der Waals surface area contributed by atoms with Crippen LogP contribution in [-0.4, -0.2) is 65.6 Å². The van der Waals surface area contributed by atoms with Gasteiger partial charge in [-0.1, -0.05) is 6.07 Å². The maximum atomic E-state index is 12.2. The Morgan fingerprint density at radius 2 is 2.03 bits per heavy atom. The lowest BCUT2D eigenvalue weighted by molar-refractivity contribution is -0.122. The van der Waals surface area contributed by atoms with Gasteiger partial charge in [0.15, 0.2) is 0 Å². The second kappa shape index (κ2) is 10.2. The Morgan fingerprint density at radius 1 is 1.26 bits per heavy atom. The number of benzene rings is 1. The van der Waals surface area contributed by atoms with Crippen LogP contribution in [0.25, 0.3) is 0 Å². The number of likely N-dealkylation sites (tertiary alicyclic amines) is 1. The summed E-state index contributed by atoms with van der Waals surface area (Å²) in [6, 6.07) is 12.4. The summed E-state index contributed by atoms with van der Waals surface area (Å²) in [6.07, 6.45) is 4.77. The molecule has 2 amide bonds. The summed E-state index contributed by atoms with van der Waals surface area (Å²) in [6.45, 7) is 1.41. The molecule has 34 heavy (non-hydrogen) atoms. The molecule has 0 radical (unpaired) electrons. The molecule has 1 saturated heterocycles. The third-order valence-electron chi connectivity index (χ3n) is 6.72. The van der Waals surface area contributed by atoms with Crippen molar-refractivity contribution in [2.75, 3.05) is 26.7 Å². The minimum atomic E-state index is -0.862. The topological polar surface area (TPSA) is 128 Å². The van der Waals surface area contributed by atoms with Crippen LogP contribution < -0.4 is 15.4 Å². The van der Waals surface area contributed by atoms with Gasteiger partial charge in [-0.05, 0) is 49.9 Å². The summed E-state index contributed by atoms with van der Waals surface area (Å²) in [4.78, 5) is 31.0. The lowest BCUT2D eigenvalue weighted by Crippen LogP contribution is -2.63. The molecule has 1 aliphatic heterocycles. The summed E-state index contributed by atoms with van der Waals surface area (Å²) >= 11 is 0. The quantitative estimate of drug-likeness (QED) is 0.565. The number of nitrogens with one attached hydrogen (secondary N) is 2. The fourth-order valence-electron chi connectivity index (χ4n) is 4.68. The van der Waals surface area contributed by atoms with Crippen LogP contribution in [0, 0.1) is 11.3 Å². The van der Waals surface area contributed by atoms with E-state index in [1.54, 1.807) is 37.6 Å². The van der Waals surface area contributed by atoms with Crippen molar-refractivity contribution >= 4 is 11.8 Å². The SMILES string of the molecule is COc1ccc([C@]2(O)CC[C@H](N3CC(NC(=O)CNC(=O)c4cccc(C#N)c4)C3)CC2)cn1. The highest BCUT2D eigenvalue weighted by molar-refractivity contribution is 5.96. The van der Waals surface area contributed by atoms with Crippen molar-refractivity contribution in [2.45, 2.75) is 43.4 Å². The second-order valence-corrected chi connectivity index (χ2v) is 8.95. The van der Waals surface area contributed by atoms with Gasteiger partial charge < -0.3 is 20.5 Å². The van der Waals surface area contributed by atoms with Crippen molar-refractivity contribution in [3.05, 3.63) is 59.3 Å². The Bertz CT molecular complexity index is 1070. The van der Waals surface area contributed by atoms with Crippen molar-refractivity contribution in [3.63, 3.8) is 0 Å². The Balaban J connectivity index is 1.17. The first kappa shape index (κ1) is 23.7. The normalized spacial score (nSPS) is 22.8. The number of methoxy groups -OCH3 is 1. The molecule has 4 rings (SSSR count). The molecule has 9 nitrogen and oxygen atoms in total. The smallest absolute Gasteiger partial charge is 0.251 e. The number of aliphatic hydroxyl groups is 1. The van der Waals surface area contributed by atoms with E-state index in [9.17, 15) is 14.7 Å². The molecule has 2 aliphatic rings. The van der Waals surface area contributed by atoms with Gasteiger partial charge in [-0.15, -0.1) is 0 Å². The van der Waals surface area contributed by atoms with E-state index >= 15 is 0 Å². The lowest BCUT2D eigenvalue weighted by Gasteiger charge is -2.48. The van der Waals surface area contributed by atoms with E-state index < -0.39 is 5.60 Å². The van der Waals surface area contributed by atoms with Crippen LogP contribution in [0.3, 0.4) is 0 Å². The predicted octanol–water partition coefficient (Wildman–Crippen LogP) is 1.32. The lowest BCUT2D eigenvalue weighted by atomic mass is 9.77. The average Bonchev–Trinajstić information content (AvgIpc) is 2.85. The molecule has 9 heteroatoms. The zero-order chi connectivity index (χ0) is 24.1. The van der Waals surface area contributed by atoms with E-state index in [-0.39, 0.29) is 24.4 Å². The number of hydrogen-bond acceptors (Lipinski definition) is 7. The van der Waals surface area contributed by atoms with Gasteiger partial charge in [0.1, 0.15) is 0 Å². The molecule has 1 saturated carbocycles. The summed E-state index contributed by atoms with van der Waals surface area (Å²) < 4.78 is 5.09. The van der Waals surface area contributed by atoms with Crippen LogP contribution in [0.2, 0.25) is 0 Å². The van der Waals surface area contributed by atoms with Crippen LogP contribution in [-0.2, 0) is 10.4 Å². The minimum absolute atomic E-state index is 0.0536. The molecule has 0 spiro atoms. The van der Waals surface area contributed by atoms with Crippen molar-refractivity contribution in [3.8, 4) is 11.9 Å².